The van der Waals surface area contributed by atoms with Crippen molar-refractivity contribution in [1.29, 1.82) is 0 Å². The standard InChI is InChI=1S/C7H15NO3.C4H8O3.C2H5NO.C2H4O2/c1-8(2,3)5-6(9)4-7(10)11;1-2-3(5)4(6)7;2*1-2(3)4/h6,9H,4-5H2,1-3H3;3,5H,2H2,1H3,(H,6,7);1H3,(H2,3,4);1H3,(H,3,4). The molecule has 2 atom stereocenters. The highest BCUT2D eigenvalue weighted by atomic mass is 16.4. The van der Waals surface area contributed by atoms with Crippen LogP contribution >= 0.6 is 0 Å². The maximum Gasteiger partial charge on any atom is 0.332 e. The van der Waals surface area contributed by atoms with Gasteiger partial charge < -0.3 is 40.5 Å². The topological polar surface area (TPSA) is 198 Å². The van der Waals surface area contributed by atoms with Gasteiger partial charge in [-0.3, -0.25) is 9.59 Å². The number of carboxylic acid groups (broad SMARTS) is 3. The van der Waals surface area contributed by atoms with E-state index in [1.807, 2.05) is 21.1 Å². The molecular formula is C15H32N2O9. The number of rotatable bonds is 6. The molecule has 0 saturated heterocycles. The largest absolute Gasteiger partial charge is 0.550 e. The lowest BCUT2D eigenvalue weighted by Crippen LogP contribution is -2.43. The van der Waals surface area contributed by atoms with Gasteiger partial charge in [0.15, 0.2) is 6.10 Å². The van der Waals surface area contributed by atoms with Crippen LogP contribution in [0.4, 0.5) is 0 Å². The molecule has 6 N–H and O–H groups in total. The number of amides is 1. The number of carbonyl (C=O) groups is 4. The number of carbonyl (C=O) groups excluding carboxylic acids is 2. The van der Waals surface area contributed by atoms with E-state index >= 15 is 0 Å². The van der Waals surface area contributed by atoms with Crippen LogP contribution in [0.1, 0.15) is 33.6 Å². The Labute approximate surface area is 153 Å². The number of likely N-dealkylation sites (N-methyl/N-ethyl adjacent to an activating group) is 1. The summed E-state index contributed by atoms with van der Waals surface area (Å²) in [4.78, 5) is 37.9. The highest BCUT2D eigenvalue weighted by Gasteiger charge is 2.14. The first-order valence-corrected chi connectivity index (χ1v) is 7.50. The molecule has 1 amide bonds. The molecule has 2 unspecified atom stereocenters. The Hall–Kier alpha value is -2.24. The molecule has 0 bridgehead atoms. The first kappa shape index (κ1) is 31.5. The van der Waals surface area contributed by atoms with E-state index in [2.05, 4.69) is 5.73 Å². The fraction of sp³-hybridized carbons (Fsp3) is 0.733. The zero-order valence-electron chi connectivity index (χ0n) is 16.1. The molecule has 0 rings (SSSR count). The molecule has 11 heteroatoms. The molecule has 0 spiro atoms. The van der Waals surface area contributed by atoms with E-state index in [0.29, 0.717) is 11.0 Å². The molecule has 0 aliphatic carbocycles. The van der Waals surface area contributed by atoms with Gasteiger partial charge in [-0.15, -0.1) is 0 Å². The molecule has 0 heterocycles. The number of aliphatic hydroxyl groups excluding tert-OH is 2. The molecule has 0 aromatic carbocycles. The van der Waals surface area contributed by atoms with E-state index in [0.717, 1.165) is 6.92 Å². The molecule has 0 saturated carbocycles. The number of aliphatic hydroxyl groups is 2. The van der Waals surface area contributed by atoms with Gasteiger partial charge in [0.2, 0.25) is 5.91 Å². The number of aliphatic carboxylic acids is 3. The molecule has 0 aliphatic rings. The maximum absolute atomic E-state index is 10.0. The van der Waals surface area contributed by atoms with Crippen molar-refractivity contribution in [3.8, 4) is 0 Å². The van der Waals surface area contributed by atoms with Crippen LogP contribution in [0.15, 0.2) is 0 Å². The minimum Gasteiger partial charge on any atom is -0.550 e. The minimum atomic E-state index is -1.20. The van der Waals surface area contributed by atoms with Crippen LogP contribution in [0.25, 0.3) is 0 Å². The monoisotopic (exact) mass is 384 g/mol. The summed E-state index contributed by atoms with van der Waals surface area (Å²) in [6, 6.07) is 0. The summed E-state index contributed by atoms with van der Waals surface area (Å²) in [5.74, 6) is -3.52. The van der Waals surface area contributed by atoms with E-state index in [4.69, 9.17) is 25.2 Å². The van der Waals surface area contributed by atoms with Gasteiger partial charge in [0.1, 0.15) is 12.6 Å². The molecule has 0 fully saturated rings. The molecule has 156 valence electrons. The summed E-state index contributed by atoms with van der Waals surface area (Å²) in [7, 11) is 5.66. The Morgan fingerprint density at radius 1 is 1.04 bits per heavy atom. The Kier molecular flexibility index (Phi) is 21.3. The fourth-order valence-electron chi connectivity index (χ4n) is 1.06. The van der Waals surface area contributed by atoms with Gasteiger partial charge in [0.05, 0.1) is 21.1 Å². The molecular weight excluding hydrogens is 352 g/mol. The molecule has 0 aromatic heterocycles. The van der Waals surface area contributed by atoms with Crippen molar-refractivity contribution in [3.63, 3.8) is 0 Å². The smallest absolute Gasteiger partial charge is 0.332 e. The average molecular weight is 384 g/mol. The van der Waals surface area contributed by atoms with E-state index in [1.54, 1.807) is 6.92 Å². The lowest BCUT2D eigenvalue weighted by molar-refractivity contribution is -0.873. The summed E-state index contributed by atoms with van der Waals surface area (Å²) in [5.41, 5.74) is 4.47. The van der Waals surface area contributed by atoms with Crippen LogP contribution in [0, 0.1) is 0 Å². The summed E-state index contributed by atoms with van der Waals surface area (Å²) in [6.45, 7) is 4.42. The van der Waals surface area contributed by atoms with Crippen LogP contribution in [0.3, 0.4) is 0 Å². The quantitative estimate of drug-likeness (QED) is 0.310. The molecule has 0 radical (unpaired) electrons. The lowest BCUT2D eigenvalue weighted by Gasteiger charge is -2.26. The second kappa shape index (κ2) is 17.6. The van der Waals surface area contributed by atoms with Crippen LogP contribution in [0.2, 0.25) is 0 Å². The fourth-order valence-corrected chi connectivity index (χ4v) is 1.06. The van der Waals surface area contributed by atoms with E-state index in [1.165, 1.54) is 6.92 Å². The number of primary amides is 1. The van der Waals surface area contributed by atoms with E-state index in [-0.39, 0.29) is 18.7 Å². The van der Waals surface area contributed by atoms with Gasteiger partial charge in [0.25, 0.3) is 5.97 Å². The molecule has 26 heavy (non-hydrogen) atoms. The van der Waals surface area contributed by atoms with Crippen LogP contribution in [0.5, 0.6) is 0 Å². The van der Waals surface area contributed by atoms with Gasteiger partial charge in [-0.05, 0) is 6.42 Å². The Morgan fingerprint density at radius 2 is 1.35 bits per heavy atom. The van der Waals surface area contributed by atoms with Gasteiger partial charge >= 0.3 is 5.97 Å². The molecule has 11 nitrogen and oxygen atoms in total. The number of carboxylic acids is 3. The first-order valence-electron chi connectivity index (χ1n) is 7.50. The highest BCUT2D eigenvalue weighted by Crippen LogP contribution is 1.97. The van der Waals surface area contributed by atoms with Crippen molar-refractivity contribution in [2.45, 2.75) is 45.8 Å². The third-order valence-corrected chi connectivity index (χ3v) is 1.83. The predicted molar refractivity (Wildman–Crippen MR) is 90.6 cm³/mol. The minimum absolute atomic E-state index is 0.273. The van der Waals surface area contributed by atoms with E-state index < -0.39 is 30.1 Å². The molecule has 0 aromatic rings. The van der Waals surface area contributed by atoms with Crippen LogP contribution in [-0.2, 0) is 19.2 Å². The van der Waals surface area contributed by atoms with Crippen molar-refractivity contribution in [2.24, 2.45) is 5.73 Å². The summed E-state index contributed by atoms with van der Waals surface area (Å²) in [6.07, 6.45) is -2.00. The predicted octanol–water partition coefficient (Wildman–Crippen LogP) is -2.38. The second-order valence-electron chi connectivity index (χ2n) is 6.09. The average Bonchev–Trinajstić information content (AvgIpc) is 2.33. The maximum atomic E-state index is 10.0. The number of hydrogen-bond donors (Lipinski definition) is 5. The third kappa shape index (κ3) is 57.6. The zero-order chi connectivity index (χ0) is 22.1. The summed E-state index contributed by atoms with van der Waals surface area (Å²) >= 11 is 0. The zero-order valence-corrected chi connectivity index (χ0v) is 16.1. The number of quaternary nitrogens is 1. The SMILES string of the molecule is CC(=O)O.CC(N)=O.CCC(O)C(=O)O.C[N+](C)(C)CC(O)CC(=O)[O-]. The Morgan fingerprint density at radius 3 is 1.46 bits per heavy atom. The van der Waals surface area contributed by atoms with Crippen LogP contribution < -0.4 is 10.8 Å². The summed E-state index contributed by atoms with van der Waals surface area (Å²) < 4.78 is 0.550. The lowest BCUT2D eigenvalue weighted by atomic mass is 10.2. The van der Waals surface area contributed by atoms with Gasteiger partial charge in [-0.2, -0.15) is 0 Å². The number of hydrogen-bond acceptors (Lipinski definition) is 7. The van der Waals surface area contributed by atoms with Crippen molar-refractivity contribution in [2.75, 3.05) is 27.7 Å². The normalized spacial score (nSPS) is 11.7. The van der Waals surface area contributed by atoms with Crippen molar-refractivity contribution < 1.29 is 49.2 Å². The van der Waals surface area contributed by atoms with Crippen molar-refractivity contribution in [3.05, 3.63) is 0 Å². The highest BCUT2D eigenvalue weighted by molar-refractivity contribution is 5.71. The van der Waals surface area contributed by atoms with Crippen LogP contribution in [-0.4, -0.2) is 88.6 Å². The van der Waals surface area contributed by atoms with Crippen molar-refractivity contribution >= 4 is 23.8 Å². The third-order valence-electron chi connectivity index (χ3n) is 1.83. The second-order valence-corrected chi connectivity index (χ2v) is 6.09. The Bertz CT molecular complexity index is 400. The first-order chi connectivity index (χ1) is 11.5. The summed E-state index contributed by atoms with van der Waals surface area (Å²) in [5, 5.41) is 42.8. The number of nitrogens with zero attached hydrogens (tertiary/aromatic N) is 1. The van der Waals surface area contributed by atoms with Gasteiger partial charge in [-0.25, -0.2) is 4.79 Å². The number of nitrogens with two attached hydrogens (primary N) is 1. The Balaban J connectivity index is -0.000000138. The van der Waals surface area contributed by atoms with Crippen molar-refractivity contribution in [1.82, 2.24) is 0 Å². The van der Waals surface area contributed by atoms with Gasteiger partial charge in [-0.1, -0.05) is 6.92 Å². The van der Waals surface area contributed by atoms with E-state index in [9.17, 15) is 19.5 Å². The molecule has 0 aliphatic heterocycles. The van der Waals surface area contributed by atoms with Gasteiger partial charge in [0, 0.05) is 26.2 Å².